The summed E-state index contributed by atoms with van der Waals surface area (Å²) in [5.41, 5.74) is 6.76. The van der Waals surface area contributed by atoms with Crippen molar-refractivity contribution in [2.24, 2.45) is 11.7 Å². The molecule has 0 unspecified atom stereocenters. The van der Waals surface area contributed by atoms with Crippen molar-refractivity contribution in [2.75, 3.05) is 36.5 Å². The molecule has 2 aliphatic rings. The molecule has 2 fully saturated rings. The molecule has 6 heteroatoms. The Hall–Kier alpha value is -1.66. The summed E-state index contributed by atoms with van der Waals surface area (Å²) in [7, 11) is 0. The van der Waals surface area contributed by atoms with Crippen LogP contribution >= 0.6 is 0 Å². The summed E-state index contributed by atoms with van der Waals surface area (Å²) in [6.07, 6.45) is 5.45. The Balaban J connectivity index is 1.53. The van der Waals surface area contributed by atoms with Crippen molar-refractivity contribution in [2.45, 2.75) is 31.7 Å². The number of nitrogens with one attached hydrogen (secondary N) is 1. The molecule has 120 valence electrons. The van der Waals surface area contributed by atoms with E-state index in [9.17, 15) is 4.79 Å². The molecular formula is C16H24N4O2. The van der Waals surface area contributed by atoms with Gasteiger partial charge >= 0.3 is 0 Å². The molecule has 1 aromatic rings. The van der Waals surface area contributed by atoms with Gasteiger partial charge in [-0.2, -0.15) is 0 Å². The second kappa shape index (κ2) is 7.07. The fourth-order valence-electron chi connectivity index (χ4n) is 3.21. The van der Waals surface area contributed by atoms with Gasteiger partial charge in [0.15, 0.2) is 0 Å². The molecular weight excluding hydrogens is 280 g/mol. The lowest BCUT2D eigenvalue weighted by atomic mass is 10.00. The van der Waals surface area contributed by atoms with Gasteiger partial charge in [0.1, 0.15) is 5.82 Å². The predicted molar refractivity (Wildman–Crippen MR) is 85.8 cm³/mol. The van der Waals surface area contributed by atoms with Crippen LogP contribution in [0, 0.1) is 5.92 Å². The average Bonchev–Trinajstić information content (AvgIpc) is 2.94. The van der Waals surface area contributed by atoms with Crippen molar-refractivity contribution >= 4 is 17.4 Å². The third-order valence-electron chi connectivity index (χ3n) is 4.53. The molecule has 1 aromatic heterocycles. The number of carbonyl (C=O) groups is 1. The molecule has 2 heterocycles. The van der Waals surface area contributed by atoms with E-state index >= 15 is 0 Å². The Labute approximate surface area is 131 Å². The molecule has 1 aliphatic carbocycles. The number of rotatable bonds is 4. The second-order valence-corrected chi connectivity index (χ2v) is 6.11. The van der Waals surface area contributed by atoms with Crippen molar-refractivity contribution in [1.29, 1.82) is 0 Å². The van der Waals surface area contributed by atoms with E-state index in [1.807, 2.05) is 12.1 Å². The van der Waals surface area contributed by atoms with E-state index in [1.54, 1.807) is 6.20 Å². The Kier molecular flexibility index (Phi) is 4.90. The SMILES string of the molecule is N[C@@H]1CCC[C@H]1CC(=O)Nc1ccc(N2CCOCC2)nc1. The first kappa shape index (κ1) is 15.2. The number of ether oxygens (including phenoxy) is 1. The highest BCUT2D eigenvalue weighted by atomic mass is 16.5. The third kappa shape index (κ3) is 3.75. The first-order valence-corrected chi connectivity index (χ1v) is 8.06. The minimum Gasteiger partial charge on any atom is -0.378 e. The lowest BCUT2D eigenvalue weighted by Crippen LogP contribution is -2.36. The number of amides is 1. The van der Waals surface area contributed by atoms with Crippen LogP contribution in [0.15, 0.2) is 18.3 Å². The molecule has 1 aliphatic heterocycles. The topological polar surface area (TPSA) is 80.5 Å². The quantitative estimate of drug-likeness (QED) is 0.878. The molecule has 3 N–H and O–H groups in total. The van der Waals surface area contributed by atoms with E-state index in [-0.39, 0.29) is 11.9 Å². The third-order valence-corrected chi connectivity index (χ3v) is 4.53. The van der Waals surface area contributed by atoms with Crippen molar-refractivity contribution in [3.05, 3.63) is 18.3 Å². The predicted octanol–water partition coefficient (Wildman–Crippen LogP) is 1.37. The number of nitrogens with two attached hydrogens (primary N) is 1. The fourth-order valence-corrected chi connectivity index (χ4v) is 3.21. The number of carbonyl (C=O) groups excluding carboxylic acids is 1. The molecule has 0 radical (unpaired) electrons. The van der Waals surface area contributed by atoms with Crippen LogP contribution < -0.4 is 16.0 Å². The van der Waals surface area contributed by atoms with Gasteiger partial charge in [0.2, 0.25) is 5.91 Å². The van der Waals surface area contributed by atoms with Gasteiger partial charge in [0.05, 0.1) is 25.1 Å². The van der Waals surface area contributed by atoms with Gasteiger partial charge in [-0.1, -0.05) is 6.42 Å². The number of nitrogens with zero attached hydrogens (tertiary/aromatic N) is 2. The summed E-state index contributed by atoms with van der Waals surface area (Å²) in [6, 6.07) is 4.03. The summed E-state index contributed by atoms with van der Waals surface area (Å²) in [4.78, 5) is 18.7. The zero-order valence-corrected chi connectivity index (χ0v) is 12.8. The van der Waals surface area contributed by atoms with E-state index in [0.29, 0.717) is 12.3 Å². The molecule has 6 nitrogen and oxygen atoms in total. The summed E-state index contributed by atoms with van der Waals surface area (Å²) in [6.45, 7) is 3.19. The Morgan fingerprint density at radius 2 is 2.18 bits per heavy atom. The van der Waals surface area contributed by atoms with Crippen LogP contribution in [-0.4, -0.2) is 43.2 Å². The molecule has 22 heavy (non-hydrogen) atoms. The molecule has 1 saturated heterocycles. The van der Waals surface area contributed by atoms with Gasteiger partial charge in [0, 0.05) is 25.6 Å². The first-order valence-electron chi connectivity index (χ1n) is 8.06. The Morgan fingerprint density at radius 1 is 1.36 bits per heavy atom. The highest BCUT2D eigenvalue weighted by Crippen LogP contribution is 2.27. The van der Waals surface area contributed by atoms with Crippen LogP contribution in [0.3, 0.4) is 0 Å². The minimum absolute atomic E-state index is 0.0308. The van der Waals surface area contributed by atoms with Crippen LogP contribution in [0.2, 0.25) is 0 Å². The van der Waals surface area contributed by atoms with Crippen molar-refractivity contribution in [3.63, 3.8) is 0 Å². The summed E-state index contributed by atoms with van der Waals surface area (Å²) in [5.74, 6) is 1.28. The van der Waals surface area contributed by atoms with E-state index in [1.165, 1.54) is 0 Å². The van der Waals surface area contributed by atoms with Gasteiger partial charge in [-0.25, -0.2) is 4.98 Å². The smallest absolute Gasteiger partial charge is 0.224 e. The number of aromatic nitrogens is 1. The van der Waals surface area contributed by atoms with Gasteiger partial charge in [-0.15, -0.1) is 0 Å². The number of hydrogen-bond acceptors (Lipinski definition) is 5. The Bertz CT molecular complexity index is 499. The van der Waals surface area contributed by atoms with E-state index < -0.39 is 0 Å². The van der Waals surface area contributed by atoms with Crippen LogP contribution in [0.25, 0.3) is 0 Å². The van der Waals surface area contributed by atoms with Crippen molar-refractivity contribution in [1.82, 2.24) is 4.98 Å². The summed E-state index contributed by atoms with van der Waals surface area (Å²) in [5, 5.41) is 2.92. The first-order chi connectivity index (χ1) is 10.7. The van der Waals surface area contributed by atoms with E-state index in [0.717, 1.165) is 57.1 Å². The highest BCUT2D eigenvalue weighted by Gasteiger charge is 2.26. The van der Waals surface area contributed by atoms with Crippen LogP contribution in [0.4, 0.5) is 11.5 Å². The number of morpholine rings is 1. The van der Waals surface area contributed by atoms with E-state index in [2.05, 4.69) is 15.2 Å². The summed E-state index contributed by atoms with van der Waals surface area (Å²) >= 11 is 0. The van der Waals surface area contributed by atoms with Gasteiger partial charge < -0.3 is 20.7 Å². The van der Waals surface area contributed by atoms with Crippen molar-refractivity contribution in [3.8, 4) is 0 Å². The standard InChI is InChI=1S/C16H24N4O2/c17-14-3-1-2-12(14)10-16(21)19-13-4-5-15(18-11-13)20-6-8-22-9-7-20/h4-5,11-12,14H,1-3,6-10,17H2,(H,19,21)/t12-,14+/m0/s1. The lowest BCUT2D eigenvalue weighted by molar-refractivity contribution is -0.117. The van der Waals surface area contributed by atoms with Gasteiger partial charge in [-0.3, -0.25) is 4.79 Å². The van der Waals surface area contributed by atoms with Gasteiger partial charge in [0.25, 0.3) is 0 Å². The number of hydrogen-bond donors (Lipinski definition) is 2. The number of anilines is 2. The number of pyridine rings is 1. The maximum absolute atomic E-state index is 12.1. The Morgan fingerprint density at radius 3 is 2.82 bits per heavy atom. The fraction of sp³-hybridized carbons (Fsp3) is 0.625. The molecule has 1 saturated carbocycles. The monoisotopic (exact) mass is 304 g/mol. The molecule has 0 aromatic carbocycles. The molecule has 3 rings (SSSR count). The molecule has 0 bridgehead atoms. The van der Waals surface area contributed by atoms with Crippen molar-refractivity contribution < 1.29 is 9.53 Å². The van der Waals surface area contributed by atoms with Crippen LogP contribution in [-0.2, 0) is 9.53 Å². The zero-order chi connectivity index (χ0) is 15.4. The maximum Gasteiger partial charge on any atom is 0.224 e. The molecule has 2 atom stereocenters. The summed E-state index contributed by atoms with van der Waals surface area (Å²) < 4.78 is 5.33. The molecule has 1 amide bonds. The normalized spacial score (nSPS) is 25.2. The average molecular weight is 304 g/mol. The largest absolute Gasteiger partial charge is 0.378 e. The van der Waals surface area contributed by atoms with E-state index in [4.69, 9.17) is 10.5 Å². The second-order valence-electron chi connectivity index (χ2n) is 6.11. The lowest BCUT2D eigenvalue weighted by Gasteiger charge is -2.27. The maximum atomic E-state index is 12.1. The zero-order valence-electron chi connectivity index (χ0n) is 12.8. The molecule has 0 spiro atoms. The van der Waals surface area contributed by atoms with Crippen LogP contribution in [0.5, 0.6) is 0 Å². The highest BCUT2D eigenvalue weighted by molar-refractivity contribution is 5.90. The van der Waals surface area contributed by atoms with Crippen LogP contribution in [0.1, 0.15) is 25.7 Å². The van der Waals surface area contributed by atoms with Gasteiger partial charge in [-0.05, 0) is 30.9 Å². The minimum atomic E-state index is 0.0308.